The topological polar surface area (TPSA) is 21.3 Å². The van der Waals surface area contributed by atoms with Gasteiger partial charge in [-0.25, -0.2) is 0 Å². The van der Waals surface area contributed by atoms with Crippen LogP contribution in [-0.4, -0.2) is 18.1 Å². The molecule has 1 aromatic rings. The summed E-state index contributed by atoms with van der Waals surface area (Å²) in [6, 6.07) is 5.89. The van der Waals surface area contributed by atoms with Gasteiger partial charge >= 0.3 is 12.5 Å². The Morgan fingerprint density at radius 2 is 1.74 bits per heavy atom. The summed E-state index contributed by atoms with van der Waals surface area (Å²) in [6.07, 6.45) is -8.35. The molecule has 0 radical (unpaired) electrons. The molecule has 6 heteroatoms. The van der Waals surface area contributed by atoms with E-state index in [1.54, 1.807) is 12.1 Å². The Morgan fingerprint density at radius 3 is 2.26 bits per heavy atom. The van der Waals surface area contributed by atoms with Crippen molar-refractivity contribution in [3.8, 4) is 5.75 Å². The minimum absolute atomic E-state index is 0.224. The fourth-order valence-corrected chi connectivity index (χ4v) is 1.30. The van der Waals surface area contributed by atoms with Crippen molar-refractivity contribution >= 4 is 0 Å². The third-order valence-electron chi connectivity index (χ3n) is 2.28. The summed E-state index contributed by atoms with van der Waals surface area (Å²) in [7, 11) is 0. The maximum absolute atomic E-state index is 12.9. The first-order valence-corrected chi connectivity index (χ1v) is 5.80. The molecule has 0 aliphatic rings. The lowest BCUT2D eigenvalue weighted by molar-refractivity contribution is -0.253. The zero-order chi connectivity index (χ0) is 14.7. The Bertz CT molecular complexity index is 415. The SMILES string of the molecule is CC(C)(C)NCc1ccccc1OC(F)(F)C(F)F. The van der Waals surface area contributed by atoms with Crippen LogP contribution in [0.1, 0.15) is 26.3 Å². The molecular weight excluding hydrogens is 262 g/mol. The molecule has 1 N–H and O–H groups in total. The largest absolute Gasteiger partial charge is 0.461 e. The molecule has 0 unspecified atom stereocenters. The highest BCUT2D eigenvalue weighted by atomic mass is 19.3. The van der Waals surface area contributed by atoms with Gasteiger partial charge in [-0.3, -0.25) is 0 Å². The number of alkyl halides is 4. The van der Waals surface area contributed by atoms with Crippen LogP contribution < -0.4 is 10.1 Å². The summed E-state index contributed by atoms with van der Waals surface area (Å²) in [6.45, 7) is 5.97. The van der Waals surface area contributed by atoms with E-state index >= 15 is 0 Å². The molecule has 0 bridgehead atoms. The Labute approximate surface area is 109 Å². The molecule has 0 fully saturated rings. The second-order valence-corrected chi connectivity index (χ2v) is 5.18. The third kappa shape index (κ3) is 5.06. The zero-order valence-electron chi connectivity index (χ0n) is 11.0. The fourth-order valence-electron chi connectivity index (χ4n) is 1.30. The van der Waals surface area contributed by atoms with Crippen LogP contribution in [0.15, 0.2) is 24.3 Å². The average Bonchev–Trinajstić information content (AvgIpc) is 2.26. The van der Waals surface area contributed by atoms with Crippen molar-refractivity contribution in [3.05, 3.63) is 29.8 Å². The highest BCUT2D eigenvalue weighted by Crippen LogP contribution is 2.29. The summed E-state index contributed by atoms with van der Waals surface area (Å²) in [5.41, 5.74) is 0.177. The molecule has 0 saturated carbocycles. The first kappa shape index (κ1) is 15.8. The third-order valence-corrected chi connectivity index (χ3v) is 2.28. The molecule has 0 aromatic heterocycles. The Kier molecular flexibility index (Phi) is 4.79. The minimum atomic E-state index is -4.49. The quantitative estimate of drug-likeness (QED) is 0.827. The van der Waals surface area contributed by atoms with Crippen molar-refractivity contribution in [2.24, 2.45) is 0 Å². The lowest BCUT2D eigenvalue weighted by Crippen LogP contribution is -2.36. The molecular formula is C13H17F4NO. The Morgan fingerprint density at radius 1 is 1.16 bits per heavy atom. The second-order valence-electron chi connectivity index (χ2n) is 5.18. The first-order valence-electron chi connectivity index (χ1n) is 5.80. The standard InChI is InChI=1S/C13H17F4NO/c1-12(2,3)18-8-9-6-4-5-7-10(9)19-13(16,17)11(14)15/h4-7,11,18H,8H2,1-3H3. The summed E-state index contributed by atoms with van der Waals surface area (Å²) in [5, 5.41) is 3.08. The number of rotatable bonds is 5. The fraction of sp³-hybridized carbons (Fsp3) is 0.538. The number of benzene rings is 1. The number of hydrogen-bond donors (Lipinski definition) is 1. The molecule has 0 spiro atoms. The van der Waals surface area contributed by atoms with Crippen LogP contribution in [0.5, 0.6) is 5.75 Å². The molecule has 2 nitrogen and oxygen atoms in total. The van der Waals surface area contributed by atoms with Gasteiger partial charge in [-0.05, 0) is 26.8 Å². The van der Waals surface area contributed by atoms with Crippen LogP contribution in [0.4, 0.5) is 17.6 Å². The molecule has 0 saturated heterocycles. The second kappa shape index (κ2) is 5.77. The maximum Gasteiger partial charge on any atom is 0.461 e. The monoisotopic (exact) mass is 279 g/mol. The predicted molar refractivity (Wildman–Crippen MR) is 64.6 cm³/mol. The van der Waals surface area contributed by atoms with E-state index in [2.05, 4.69) is 10.1 Å². The minimum Gasteiger partial charge on any atom is -0.428 e. The van der Waals surface area contributed by atoms with Crippen molar-refractivity contribution in [1.82, 2.24) is 5.32 Å². The predicted octanol–water partition coefficient (Wildman–Crippen LogP) is 3.81. The van der Waals surface area contributed by atoms with Crippen molar-refractivity contribution < 1.29 is 22.3 Å². The van der Waals surface area contributed by atoms with E-state index in [1.807, 2.05) is 20.8 Å². The van der Waals surface area contributed by atoms with E-state index in [9.17, 15) is 17.6 Å². The molecule has 1 aromatic carbocycles. The van der Waals surface area contributed by atoms with Gasteiger partial charge in [0.1, 0.15) is 5.75 Å². The highest BCUT2D eigenvalue weighted by molar-refractivity contribution is 5.33. The van der Waals surface area contributed by atoms with Crippen LogP contribution in [0.2, 0.25) is 0 Å². The lowest BCUT2D eigenvalue weighted by Gasteiger charge is -2.23. The normalized spacial score (nSPS) is 12.8. The van der Waals surface area contributed by atoms with Crippen LogP contribution in [0, 0.1) is 0 Å². The van der Waals surface area contributed by atoms with Gasteiger partial charge in [0.05, 0.1) is 0 Å². The van der Waals surface area contributed by atoms with Gasteiger partial charge in [-0.15, -0.1) is 0 Å². The maximum atomic E-state index is 12.9. The highest BCUT2D eigenvalue weighted by Gasteiger charge is 2.44. The molecule has 0 aliphatic carbocycles. The summed E-state index contributed by atoms with van der Waals surface area (Å²) in [4.78, 5) is 0. The van der Waals surface area contributed by atoms with Crippen molar-refractivity contribution in [3.63, 3.8) is 0 Å². The lowest BCUT2D eigenvalue weighted by atomic mass is 10.1. The van der Waals surface area contributed by atoms with E-state index in [1.165, 1.54) is 12.1 Å². The zero-order valence-corrected chi connectivity index (χ0v) is 11.0. The van der Waals surface area contributed by atoms with Gasteiger partial charge in [0.15, 0.2) is 0 Å². The van der Waals surface area contributed by atoms with Crippen LogP contribution in [0.25, 0.3) is 0 Å². The number of para-hydroxylation sites is 1. The van der Waals surface area contributed by atoms with Gasteiger partial charge in [0, 0.05) is 17.6 Å². The van der Waals surface area contributed by atoms with Crippen LogP contribution >= 0.6 is 0 Å². The summed E-state index contributed by atoms with van der Waals surface area (Å²) in [5.74, 6) is -0.246. The van der Waals surface area contributed by atoms with Gasteiger partial charge in [0.25, 0.3) is 0 Å². The molecule has 19 heavy (non-hydrogen) atoms. The summed E-state index contributed by atoms with van der Waals surface area (Å²) >= 11 is 0. The van der Waals surface area contributed by atoms with E-state index < -0.39 is 12.5 Å². The summed E-state index contributed by atoms with van der Waals surface area (Å²) < 4.78 is 54.2. The first-order chi connectivity index (χ1) is 8.62. The molecule has 0 amide bonds. The van der Waals surface area contributed by atoms with Gasteiger partial charge in [-0.2, -0.15) is 17.6 Å². The van der Waals surface area contributed by atoms with Gasteiger partial charge < -0.3 is 10.1 Å². The smallest absolute Gasteiger partial charge is 0.428 e. The van der Waals surface area contributed by atoms with E-state index in [0.29, 0.717) is 5.56 Å². The van der Waals surface area contributed by atoms with Crippen LogP contribution in [0.3, 0.4) is 0 Å². The van der Waals surface area contributed by atoms with Gasteiger partial charge in [-0.1, -0.05) is 18.2 Å². The number of nitrogens with one attached hydrogen (secondary N) is 1. The Balaban J connectivity index is 2.85. The van der Waals surface area contributed by atoms with E-state index in [-0.39, 0.29) is 17.8 Å². The molecule has 0 atom stereocenters. The van der Waals surface area contributed by atoms with Crippen LogP contribution in [-0.2, 0) is 6.54 Å². The van der Waals surface area contributed by atoms with Crippen molar-refractivity contribution in [2.75, 3.05) is 0 Å². The average molecular weight is 279 g/mol. The number of halogens is 4. The van der Waals surface area contributed by atoms with Crippen molar-refractivity contribution in [1.29, 1.82) is 0 Å². The number of hydrogen-bond acceptors (Lipinski definition) is 2. The number of ether oxygens (including phenoxy) is 1. The molecule has 0 aliphatic heterocycles. The van der Waals surface area contributed by atoms with E-state index in [0.717, 1.165) is 0 Å². The molecule has 108 valence electrons. The Hall–Kier alpha value is -1.30. The van der Waals surface area contributed by atoms with Gasteiger partial charge in [0.2, 0.25) is 0 Å². The molecule has 1 rings (SSSR count). The van der Waals surface area contributed by atoms with E-state index in [4.69, 9.17) is 0 Å². The molecule has 0 heterocycles. The van der Waals surface area contributed by atoms with Crippen molar-refractivity contribution in [2.45, 2.75) is 45.4 Å².